The zero-order valence-corrected chi connectivity index (χ0v) is 17.9. The van der Waals surface area contributed by atoms with Gasteiger partial charge in [-0.2, -0.15) is 0 Å². The number of hydrogen-bond acceptors (Lipinski definition) is 5. The predicted octanol–water partition coefficient (Wildman–Crippen LogP) is 5.60. The third-order valence-corrected chi connectivity index (χ3v) is 8.09. The van der Waals surface area contributed by atoms with Crippen LogP contribution >= 0.6 is 35.0 Å². The standard InChI is InChI=1S/C20H21Cl2N5S/c1-13-9-20(10-13)5-7-26(8-6-20)19-23-11-16(18-25-24-12-27(18)19)28-15-4-2-3-14(21)17(15)22/h2-4,11-13H,5-10H2,1H3. The van der Waals surface area contributed by atoms with Crippen molar-refractivity contribution >= 4 is 46.6 Å². The van der Waals surface area contributed by atoms with Crippen molar-refractivity contribution in [3.63, 3.8) is 0 Å². The molecule has 1 aromatic carbocycles. The predicted molar refractivity (Wildman–Crippen MR) is 114 cm³/mol. The van der Waals surface area contributed by atoms with E-state index in [2.05, 4.69) is 22.0 Å². The Morgan fingerprint density at radius 2 is 1.93 bits per heavy atom. The second-order valence-electron chi connectivity index (χ2n) is 8.10. The molecule has 3 aromatic rings. The highest BCUT2D eigenvalue weighted by Crippen LogP contribution is 2.52. The van der Waals surface area contributed by atoms with Crippen molar-refractivity contribution in [2.75, 3.05) is 18.0 Å². The highest BCUT2D eigenvalue weighted by Gasteiger charge is 2.44. The summed E-state index contributed by atoms with van der Waals surface area (Å²) in [6, 6.07) is 5.63. The average molecular weight is 434 g/mol. The van der Waals surface area contributed by atoms with Gasteiger partial charge >= 0.3 is 0 Å². The van der Waals surface area contributed by atoms with Gasteiger partial charge in [-0.15, -0.1) is 10.2 Å². The van der Waals surface area contributed by atoms with Crippen molar-refractivity contribution in [2.45, 2.75) is 42.4 Å². The topological polar surface area (TPSA) is 46.3 Å². The van der Waals surface area contributed by atoms with Crippen molar-refractivity contribution in [2.24, 2.45) is 11.3 Å². The number of benzene rings is 1. The SMILES string of the molecule is CC1CC2(CCN(c3ncc(Sc4cccc(Cl)c4Cl)c4nncn34)CC2)C1. The van der Waals surface area contributed by atoms with Crippen LogP contribution in [-0.2, 0) is 0 Å². The lowest BCUT2D eigenvalue weighted by atomic mass is 9.58. The first-order valence-electron chi connectivity index (χ1n) is 9.60. The van der Waals surface area contributed by atoms with E-state index in [1.54, 1.807) is 12.4 Å². The van der Waals surface area contributed by atoms with Gasteiger partial charge in [0.05, 0.1) is 14.9 Å². The second kappa shape index (κ2) is 7.08. The van der Waals surface area contributed by atoms with Gasteiger partial charge in [0.15, 0.2) is 5.65 Å². The number of nitrogens with zero attached hydrogens (tertiary/aromatic N) is 5. The molecule has 1 spiro atoms. The molecule has 2 fully saturated rings. The molecular formula is C20H21Cl2N5S. The molecule has 0 unspecified atom stereocenters. The third-order valence-electron chi connectivity index (χ3n) is 6.09. The molecule has 146 valence electrons. The van der Waals surface area contributed by atoms with Gasteiger partial charge in [0.2, 0.25) is 5.95 Å². The van der Waals surface area contributed by atoms with E-state index < -0.39 is 0 Å². The maximum absolute atomic E-state index is 6.35. The zero-order chi connectivity index (χ0) is 19.3. The van der Waals surface area contributed by atoms with E-state index >= 15 is 0 Å². The van der Waals surface area contributed by atoms with Gasteiger partial charge in [-0.1, -0.05) is 48.0 Å². The van der Waals surface area contributed by atoms with Crippen LogP contribution in [0.4, 0.5) is 5.95 Å². The summed E-state index contributed by atoms with van der Waals surface area (Å²) in [5, 5.41) is 9.57. The van der Waals surface area contributed by atoms with E-state index in [1.165, 1.54) is 37.4 Å². The first-order valence-corrected chi connectivity index (χ1v) is 11.2. The van der Waals surface area contributed by atoms with Gasteiger partial charge in [0, 0.05) is 24.2 Å². The van der Waals surface area contributed by atoms with Crippen LogP contribution in [-0.4, -0.2) is 32.7 Å². The van der Waals surface area contributed by atoms with Gasteiger partial charge in [-0.3, -0.25) is 0 Å². The fourth-order valence-corrected chi connectivity index (χ4v) is 6.17. The van der Waals surface area contributed by atoms with Gasteiger partial charge < -0.3 is 4.90 Å². The number of piperidine rings is 1. The lowest BCUT2D eigenvalue weighted by Crippen LogP contribution is -2.47. The number of hydrogen-bond donors (Lipinski definition) is 0. The van der Waals surface area contributed by atoms with Crippen LogP contribution in [0.15, 0.2) is 40.5 Å². The molecule has 0 bridgehead atoms. The summed E-state index contributed by atoms with van der Waals surface area (Å²) in [6.45, 7) is 4.45. The Morgan fingerprint density at radius 3 is 2.68 bits per heavy atom. The minimum Gasteiger partial charge on any atom is -0.342 e. The van der Waals surface area contributed by atoms with Crippen LogP contribution in [0.5, 0.6) is 0 Å². The highest BCUT2D eigenvalue weighted by molar-refractivity contribution is 7.99. The summed E-state index contributed by atoms with van der Waals surface area (Å²) in [5.74, 6) is 1.81. The number of anilines is 1. The monoisotopic (exact) mass is 433 g/mol. The van der Waals surface area contributed by atoms with Crippen LogP contribution < -0.4 is 4.90 Å². The largest absolute Gasteiger partial charge is 0.342 e. The molecule has 2 aromatic heterocycles. The first kappa shape index (κ1) is 18.5. The molecule has 8 heteroatoms. The second-order valence-corrected chi connectivity index (χ2v) is 9.97. The Hall–Kier alpha value is -1.50. The molecule has 1 saturated heterocycles. The van der Waals surface area contributed by atoms with Crippen molar-refractivity contribution in [3.8, 4) is 0 Å². The van der Waals surface area contributed by atoms with Gasteiger partial charge in [-0.05, 0) is 49.1 Å². The zero-order valence-electron chi connectivity index (χ0n) is 15.6. The molecule has 1 aliphatic heterocycles. The molecule has 0 atom stereocenters. The Balaban J connectivity index is 1.41. The lowest BCUT2D eigenvalue weighted by molar-refractivity contribution is 0.0378. The van der Waals surface area contributed by atoms with Crippen molar-refractivity contribution in [3.05, 3.63) is 40.8 Å². The normalized spacial score (nSPS) is 19.3. The average Bonchev–Trinajstić information content (AvgIpc) is 3.16. The molecule has 1 aliphatic carbocycles. The highest BCUT2D eigenvalue weighted by atomic mass is 35.5. The molecule has 3 heterocycles. The third kappa shape index (κ3) is 3.15. The smallest absolute Gasteiger partial charge is 0.212 e. The van der Waals surface area contributed by atoms with E-state index in [1.807, 2.05) is 22.7 Å². The molecule has 28 heavy (non-hydrogen) atoms. The van der Waals surface area contributed by atoms with Crippen LogP contribution in [0.2, 0.25) is 10.0 Å². The molecule has 0 N–H and O–H groups in total. The molecule has 1 saturated carbocycles. The van der Waals surface area contributed by atoms with E-state index in [-0.39, 0.29) is 0 Å². The van der Waals surface area contributed by atoms with Gasteiger partial charge in [0.25, 0.3) is 0 Å². The number of halogens is 2. The van der Waals surface area contributed by atoms with Crippen molar-refractivity contribution < 1.29 is 0 Å². The number of fused-ring (bicyclic) bond motifs is 1. The Bertz CT molecular complexity index is 1020. The minimum atomic E-state index is 0.543. The van der Waals surface area contributed by atoms with E-state index in [0.29, 0.717) is 15.5 Å². The maximum atomic E-state index is 6.35. The van der Waals surface area contributed by atoms with E-state index in [0.717, 1.165) is 40.4 Å². The first-order chi connectivity index (χ1) is 13.5. The van der Waals surface area contributed by atoms with Crippen molar-refractivity contribution in [1.29, 1.82) is 0 Å². The molecule has 5 nitrogen and oxygen atoms in total. The molecule has 0 radical (unpaired) electrons. The summed E-state index contributed by atoms with van der Waals surface area (Å²) in [5.41, 5.74) is 1.38. The van der Waals surface area contributed by atoms with Crippen LogP contribution in [0.1, 0.15) is 32.6 Å². The summed E-state index contributed by atoms with van der Waals surface area (Å²) in [7, 11) is 0. The Kier molecular flexibility index (Phi) is 4.68. The summed E-state index contributed by atoms with van der Waals surface area (Å²) < 4.78 is 1.99. The quantitative estimate of drug-likeness (QED) is 0.537. The molecule has 5 rings (SSSR count). The summed E-state index contributed by atoms with van der Waals surface area (Å²) in [6.07, 6.45) is 8.88. The maximum Gasteiger partial charge on any atom is 0.212 e. The number of rotatable bonds is 3. The Morgan fingerprint density at radius 1 is 1.14 bits per heavy atom. The minimum absolute atomic E-state index is 0.543. The molecular weight excluding hydrogens is 413 g/mol. The fourth-order valence-electron chi connectivity index (χ4n) is 4.78. The van der Waals surface area contributed by atoms with Crippen LogP contribution in [0, 0.1) is 11.3 Å². The summed E-state index contributed by atoms with van der Waals surface area (Å²) >= 11 is 14.0. The fraction of sp³-hybridized carbons (Fsp3) is 0.450. The van der Waals surface area contributed by atoms with Crippen LogP contribution in [0.3, 0.4) is 0 Å². The number of aromatic nitrogens is 4. The van der Waals surface area contributed by atoms with Crippen molar-refractivity contribution in [1.82, 2.24) is 19.6 Å². The van der Waals surface area contributed by atoms with E-state index in [9.17, 15) is 0 Å². The molecule has 0 amide bonds. The summed E-state index contributed by atoms with van der Waals surface area (Å²) in [4.78, 5) is 8.93. The lowest BCUT2D eigenvalue weighted by Gasteiger charge is -2.51. The Labute approximate surface area is 178 Å². The van der Waals surface area contributed by atoms with Crippen LogP contribution in [0.25, 0.3) is 5.65 Å². The van der Waals surface area contributed by atoms with Gasteiger partial charge in [-0.25, -0.2) is 9.38 Å². The molecule has 2 aliphatic rings. The van der Waals surface area contributed by atoms with E-state index in [4.69, 9.17) is 28.2 Å². The van der Waals surface area contributed by atoms with Gasteiger partial charge in [0.1, 0.15) is 6.33 Å².